The number of thioether (sulfide) groups is 1. The second kappa shape index (κ2) is 5.70. The summed E-state index contributed by atoms with van der Waals surface area (Å²) in [6, 6.07) is 0. The third-order valence-electron chi connectivity index (χ3n) is 1.76. The molecule has 0 aromatic carbocycles. The van der Waals surface area contributed by atoms with Gasteiger partial charge in [0.05, 0.1) is 11.8 Å². The number of nitrogens with zero attached hydrogens (tertiary/aromatic N) is 2. The van der Waals surface area contributed by atoms with E-state index in [1.165, 1.54) is 6.20 Å². The molecule has 4 nitrogen and oxygen atoms in total. The molecule has 1 aromatic rings. The smallest absolute Gasteiger partial charge is 0.338 e. The highest BCUT2D eigenvalue weighted by Gasteiger charge is 2.04. The topological polar surface area (TPSA) is 55.1 Å². The first kappa shape index (κ1) is 11.1. The van der Waals surface area contributed by atoms with Crippen LogP contribution in [0, 0.1) is 0 Å². The van der Waals surface area contributed by atoms with Gasteiger partial charge in [-0.1, -0.05) is 6.92 Å². The van der Waals surface area contributed by atoms with Crippen LogP contribution in [-0.4, -0.2) is 32.4 Å². The van der Waals surface area contributed by atoms with Crippen molar-refractivity contribution in [2.24, 2.45) is 0 Å². The van der Waals surface area contributed by atoms with Gasteiger partial charge in [0.2, 0.25) is 0 Å². The summed E-state index contributed by atoms with van der Waals surface area (Å²) in [7, 11) is 0. The largest absolute Gasteiger partial charge is 0.478 e. The number of aromatic carboxylic acids is 1. The quantitative estimate of drug-likeness (QED) is 0.733. The highest BCUT2D eigenvalue weighted by molar-refractivity contribution is 7.99. The van der Waals surface area contributed by atoms with Crippen LogP contribution >= 0.6 is 11.8 Å². The SMILES string of the molecule is CCSCCCn1cc(C(=O)O)cn1. The van der Waals surface area contributed by atoms with E-state index in [-0.39, 0.29) is 5.56 Å². The third kappa shape index (κ3) is 3.41. The Morgan fingerprint density at radius 3 is 3.07 bits per heavy atom. The van der Waals surface area contributed by atoms with Crippen molar-refractivity contribution in [3.63, 3.8) is 0 Å². The van der Waals surface area contributed by atoms with Crippen molar-refractivity contribution >= 4 is 17.7 Å². The Labute approximate surface area is 87.3 Å². The molecule has 0 saturated carbocycles. The lowest BCUT2D eigenvalue weighted by Crippen LogP contribution is -2.00. The molecule has 1 N–H and O–H groups in total. The number of carboxylic acids is 1. The molecule has 1 aromatic heterocycles. The second-order valence-electron chi connectivity index (χ2n) is 2.85. The van der Waals surface area contributed by atoms with E-state index < -0.39 is 5.97 Å². The van der Waals surface area contributed by atoms with Crippen LogP contribution in [0.15, 0.2) is 12.4 Å². The van der Waals surface area contributed by atoms with Crippen LogP contribution in [0.2, 0.25) is 0 Å². The summed E-state index contributed by atoms with van der Waals surface area (Å²) in [5.74, 6) is 1.30. The maximum Gasteiger partial charge on any atom is 0.338 e. The molecular weight excluding hydrogens is 200 g/mol. The number of carboxylic acid groups (broad SMARTS) is 1. The standard InChI is InChI=1S/C9H14N2O2S/c1-2-14-5-3-4-11-7-8(6-10-11)9(12)13/h6-7H,2-5H2,1H3,(H,12,13). The second-order valence-corrected chi connectivity index (χ2v) is 4.24. The molecule has 0 fully saturated rings. The highest BCUT2D eigenvalue weighted by Crippen LogP contribution is 2.03. The molecule has 14 heavy (non-hydrogen) atoms. The number of aryl methyl sites for hydroxylation is 1. The van der Waals surface area contributed by atoms with Crippen LogP contribution in [0.5, 0.6) is 0 Å². The van der Waals surface area contributed by atoms with E-state index in [1.54, 1.807) is 10.9 Å². The van der Waals surface area contributed by atoms with Crippen LogP contribution in [0.1, 0.15) is 23.7 Å². The molecule has 1 heterocycles. The minimum absolute atomic E-state index is 0.258. The van der Waals surface area contributed by atoms with Crippen molar-refractivity contribution < 1.29 is 9.90 Å². The van der Waals surface area contributed by atoms with Crippen LogP contribution < -0.4 is 0 Å². The van der Waals surface area contributed by atoms with E-state index in [9.17, 15) is 4.79 Å². The average molecular weight is 214 g/mol. The van der Waals surface area contributed by atoms with Gasteiger partial charge in [-0.2, -0.15) is 16.9 Å². The van der Waals surface area contributed by atoms with Gasteiger partial charge in [0.1, 0.15) is 0 Å². The van der Waals surface area contributed by atoms with Crippen molar-refractivity contribution in [3.05, 3.63) is 18.0 Å². The first-order valence-corrected chi connectivity index (χ1v) is 5.73. The van der Waals surface area contributed by atoms with Gasteiger partial charge in [-0.05, 0) is 17.9 Å². The molecule has 0 bridgehead atoms. The zero-order chi connectivity index (χ0) is 10.4. The molecule has 1 rings (SSSR count). The van der Waals surface area contributed by atoms with E-state index in [1.807, 2.05) is 11.8 Å². The lowest BCUT2D eigenvalue weighted by Gasteiger charge is -1.99. The summed E-state index contributed by atoms with van der Waals surface area (Å²) in [6.45, 7) is 2.92. The Bertz CT molecular complexity index is 299. The fourth-order valence-electron chi connectivity index (χ4n) is 1.07. The lowest BCUT2D eigenvalue weighted by atomic mass is 10.4. The zero-order valence-corrected chi connectivity index (χ0v) is 8.96. The molecule has 0 atom stereocenters. The minimum atomic E-state index is -0.917. The van der Waals surface area contributed by atoms with Gasteiger partial charge < -0.3 is 5.11 Å². The van der Waals surface area contributed by atoms with Gasteiger partial charge in [0.15, 0.2) is 0 Å². The van der Waals surface area contributed by atoms with Crippen molar-refractivity contribution in [2.45, 2.75) is 19.9 Å². The maximum atomic E-state index is 10.5. The zero-order valence-electron chi connectivity index (χ0n) is 8.14. The maximum absolute atomic E-state index is 10.5. The van der Waals surface area contributed by atoms with Gasteiger partial charge in [-0.25, -0.2) is 4.79 Å². The van der Waals surface area contributed by atoms with Gasteiger partial charge in [0.25, 0.3) is 0 Å². The fourth-order valence-corrected chi connectivity index (χ4v) is 1.69. The van der Waals surface area contributed by atoms with Gasteiger partial charge in [0, 0.05) is 12.7 Å². The summed E-state index contributed by atoms with van der Waals surface area (Å²) >= 11 is 1.88. The molecule has 0 spiro atoms. The van der Waals surface area contributed by atoms with Gasteiger partial charge in [-0.3, -0.25) is 4.68 Å². The van der Waals surface area contributed by atoms with E-state index >= 15 is 0 Å². The molecule has 0 aliphatic rings. The molecule has 5 heteroatoms. The summed E-state index contributed by atoms with van der Waals surface area (Å²) < 4.78 is 1.68. The van der Waals surface area contributed by atoms with Crippen molar-refractivity contribution in [1.82, 2.24) is 9.78 Å². The Kier molecular flexibility index (Phi) is 4.52. The van der Waals surface area contributed by atoms with E-state index in [4.69, 9.17) is 5.11 Å². The number of hydrogen-bond donors (Lipinski definition) is 1. The summed E-state index contributed by atoms with van der Waals surface area (Å²) in [4.78, 5) is 10.5. The molecule has 0 aliphatic carbocycles. The fraction of sp³-hybridized carbons (Fsp3) is 0.556. The van der Waals surface area contributed by atoms with Crippen molar-refractivity contribution in [1.29, 1.82) is 0 Å². The summed E-state index contributed by atoms with van der Waals surface area (Å²) in [5, 5.41) is 12.6. The highest BCUT2D eigenvalue weighted by atomic mass is 32.2. The molecule has 0 radical (unpaired) electrons. The molecule has 0 unspecified atom stereocenters. The van der Waals surface area contributed by atoms with Crippen LogP contribution in [0.4, 0.5) is 0 Å². The van der Waals surface area contributed by atoms with Crippen molar-refractivity contribution in [3.8, 4) is 0 Å². The number of aromatic nitrogens is 2. The molecule has 0 amide bonds. The van der Waals surface area contributed by atoms with Crippen LogP contribution in [0.25, 0.3) is 0 Å². The van der Waals surface area contributed by atoms with E-state index in [0.717, 1.165) is 24.5 Å². The van der Waals surface area contributed by atoms with E-state index in [2.05, 4.69) is 12.0 Å². The van der Waals surface area contributed by atoms with Crippen LogP contribution in [0.3, 0.4) is 0 Å². The van der Waals surface area contributed by atoms with Crippen molar-refractivity contribution in [2.75, 3.05) is 11.5 Å². The minimum Gasteiger partial charge on any atom is -0.478 e. The number of carbonyl (C=O) groups is 1. The molecule has 0 aliphatic heterocycles. The molecular formula is C9H14N2O2S. The summed E-state index contributed by atoms with van der Waals surface area (Å²) in [5.41, 5.74) is 0.258. The van der Waals surface area contributed by atoms with E-state index in [0.29, 0.717) is 0 Å². The normalized spacial score (nSPS) is 10.4. The third-order valence-corrected chi connectivity index (χ3v) is 2.75. The van der Waals surface area contributed by atoms with Gasteiger partial charge >= 0.3 is 5.97 Å². The van der Waals surface area contributed by atoms with Gasteiger partial charge in [-0.15, -0.1) is 0 Å². The first-order valence-electron chi connectivity index (χ1n) is 4.57. The lowest BCUT2D eigenvalue weighted by molar-refractivity contribution is 0.0697. The Hall–Kier alpha value is -0.970. The predicted octanol–water partition coefficient (Wildman–Crippen LogP) is 1.72. The monoisotopic (exact) mass is 214 g/mol. The predicted molar refractivity (Wildman–Crippen MR) is 56.8 cm³/mol. The molecule has 78 valence electrons. The van der Waals surface area contributed by atoms with Crippen LogP contribution in [-0.2, 0) is 6.54 Å². The summed E-state index contributed by atoms with van der Waals surface area (Å²) in [6.07, 6.45) is 3.98. The Morgan fingerprint density at radius 1 is 1.71 bits per heavy atom. The Morgan fingerprint density at radius 2 is 2.50 bits per heavy atom. The Balaban J connectivity index is 2.33. The average Bonchev–Trinajstić information content (AvgIpc) is 2.61. The number of rotatable bonds is 6. The first-order chi connectivity index (χ1) is 6.74. The number of hydrogen-bond acceptors (Lipinski definition) is 3. The molecule has 0 saturated heterocycles.